The Morgan fingerprint density at radius 3 is 2.92 bits per heavy atom. The fourth-order valence-corrected chi connectivity index (χ4v) is 3.35. The predicted octanol–water partition coefficient (Wildman–Crippen LogP) is 2.67. The van der Waals surface area contributed by atoms with E-state index in [2.05, 4.69) is 20.3 Å². The van der Waals surface area contributed by atoms with Gasteiger partial charge in [0.25, 0.3) is 5.91 Å². The lowest BCUT2D eigenvalue weighted by molar-refractivity contribution is 0.0717. The number of carbonyl (C=O) groups excluding carboxylic acids is 1. The number of H-pyrrole nitrogens is 1. The fraction of sp³-hybridized carbons (Fsp3) is 0.333. The van der Waals surface area contributed by atoms with Crippen LogP contribution >= 0.6 is 0 Å². The summed E-state index contributed by atoms with van der Waals surface area (Å²) in [6.07, 6.45) is 3.51. The Hall–Kier alpha value is -2.96. The first-order valence-electron chi connectivity index (χ1n) is 8.58. The van der Waals surface area contributed by atoms with E-state index in [9.17, 15) is 4.79 Å². The van der Waals surface area contributed by atoms with Crippen molar-refractivity contribution in [3.8, 4) is 11.4 Å². The Bertz CT molecular complexity index is 869. The lowest BCUT2D eigenvalue weighted by atomic mass is 10.2. The number of nitrogens with zero attached hydrogens (tertiary/aromatic N) is 5. The van der Waals surface area contributed by atoms with E-state index >= 15 is 0 Å². The van der Waals surface area contributed by atoms with E-state index in [0.29, 0.717) is 18.1 Å². The molecule has 1 aliphatic rings. The molecule has 7 heteroatoms. The van der Waals surface area contributed by atoms with Crippen LogP contribution in [-0.2, 0) is 6.54 Å². The van der Waals surface area contributed by atoms with Crippen molar-refractivity contribution in [1.29, 1.82) is 0 Å². The molecule has 0 bridgehead atoms. The minimum absolute atomic E-state index is 0.000453. The smallest absolute Gasteiger partial charge is 0.272 e. The quantitative estimate of drug-likeness (QED) is 0.794. The van der Waals surface area contributed by atoms with Gasteiger partial charge in [-0.1, -0.05) is 30.3 Å². The van der Waals surface area contributed by atoms with E-state index in [1.165, 1.54) is 0 Å². The molecule has 3 aromatic rings. The highest BCUT2D eigenvalue weighted by Crippen LogP contribution is 2.32. The van der Waals surface area contributed by atoms with Crippen LogP contribution in [0.4, 0.5) is 0 Å². The Morgan fingerprint density at radius 1 is 1.28 bits per heavy atom. The summed E-state index contributed by atoms with van der Waals surface area (Å²) < 4.78 is 1.73. The number of hydrogen-bond acceptors (Lipinski definition) is 4. The zero-order chi connectivity index (χ0) is 17.2. The minimum Gasteiger partial charge on any atom is -0.327 e. The van der Waals surface area contributed by atoms with E-state index in [1.54, 1.807) is 16.9 Å². The Balaban J connectivity index is 1.60. The maximum atomic E-state index is 13.0. The first-order valence-corrected chi connectivity index (χ1v) is 8.58. The molecule has 1 saturated heterocycles. The van der Waals surface area contributed by atoms with Crippen molar-refractivity contribution in [2.75, 3.05) is 6.54 Å². The van der Waals surface area contributed by atoms with Gasteiger partial charge in [0, 0.05) is 24.8 Å². The van der Waals surface area contributed by atoms with Gasteiger partial charge >= 0.3 is 0 Å². The molecule has 0 spiro atoms. The Labute approximate surface area is 145 Å². The molecule has 1 aliphatic heterocycles. The molecule has 2 aromatic heterocycles. The van der Waals surface area contributed by atoms with Crippen LogP contribution in [0.5, 0.6) is 0 Å². The van der Waals surface area contributed by atoms with Gasteiger partial charge in [-0.15, -0.1) is 0 Å². The molecule has 1 atom stereocenters. The van der Waals surface area contributed by atoms with Crippen molar-refractivity contribution in [3.05, 3.63) is 54.1 Å². The topological polar surface area (TPSA) is 79.7 Å². The molecule has 1 fully saturated rings. The maximum Gasteiger partial charge on any atom is 0.272 e. The number of amides is 1. The van der Waals surface area contributed by atoms with Gasteiger partial charge in [0.1, 0.15) is 11.5 Å². The third kappa shape index (κ3) is 2.82. The maximum absolute atomic E-state index is 13.0. The molecule has 1 unspecified atom stereocenters. The van der Waals surface area contributed by atoms with E-state index in [-0.39, 0.29) is 11.9 Å². The van der Waals surface area contributed by atoms with E-state index in [0.717, 1.165) is 30.8 Å². The lowest BCUT2D eigenvalue weighted by Crippen LogP contribution is -2.32. The standard InChI is InChI=1S/C18H20N6O/c1-2-24-15(10-11-19-24)18(25)23-12-6-9-14(23)17-20-16(21-22-17)13-7-4-3-5-8-13/h3-5,7-8,10-11,14H,2,6,9,12H2,1H3,(H,20,21,22). The van der Waals surface area contributed by atoms with Crippen molar-refractivity contribution in [1.82, 2.24) is 29.9 Å². The summed E-state index contributed by atoms with van der Waals surface area (Å²) >= 11 is 0. The number of hydrogen-bond donors (Lipinski definition) is 1. The Kier molecular flexibility index (Phi) is 4.05. The summed E-state index contributed by atoms with van der Waals surface area (Å²) in [7, 11) is 0. The second kappa shape index (κ2) is 6.51. The number of likely N-dealkylation sites (tertiary alicyclic amines) is 1. The van der Waals surface area contributed by atoms with Gasteiger partial charge in [-0.2, -0.15) is 10.2 Å². The fourth-order valence-electron chi connectivity index (χ4n) is 3.35. The van der Waals surface area contributed by atoms with E-state index in [4.69, 9.17) is 0 Å². The number of nitrogens with one attached hydrogen (secondary N) is 1. The Morgan fingerprint density at radius 2 is 2.12 bits per heavy atom. The number of aryl methyl sites for hydroxylation is 1. The average molecular weight is 336 g/mol. The predicted molar refractivity (Wildman–Crippen MR) is 92.7 cm³/mol. The third-order valence-electron chi connectivity index (χ3n) is 4.60. The van der Waals surface area contributed by atoms with Crippen LogP contribution in [-0.4, -0.2) is 42.3 Å². The van der Waals surface area contributed by atoms with Crippen molar-refractivity contribution in [2.45, 2.75) is 32.4 Å². The zero-order valence-electron chi connectivity index (χ0n) is 14.1. The summed E-state index contributed by atoms with van der Waals surface area (Å²) in [6.45, 7) is 3.38. The van der Waals surface area contributed by atoms with Crippen LogP contribution in [0.15, 0.2) is 42.6 Å². The van der Waals surface area contributed by atoms with Gasteiger partial charge in [0.05, 0.1) is 6.04 Å². The molecule has 0 radical (unpaired) electrons. The van der Waals surface area contributed by atoms with Crippen molar-refractivity contribution < 1.29 is 4.79 Å². The SMILES string of the molecule is CCn1nccc1C(=O)N1CCCC1c1nc(-c2ccccc2)n[nH]1. The van der Waals surface area contributed by atoms with Crippen LogP contribution < -0.4 is 0 Å². The van der Waals surface area contributed by atoms with E-state index in [1.807, 2.05) is 42.2 Å². The second-order valence-corrected chi connectivity index (χ2v) is 6.10. The summed E-state index contributed by atoms with van der Waals surface area (Å²) in [6, 6.07) is 11.5. The van der Waals surface area contributed by atoms with Gasteiger partial charge in [-0.25, -0.2) is 4.98 Å². The first kappa shape index (κ1) is 15.6. The van der Waals surface area contributed by atoms with Gasteiger partial charge in [0.15, 0.2) is 5.82 Å². The first-order chi connectivity index (χ1) is 12.3. The monoisotopic (exact) mass is 336 g/mol. The molecule has 1 N–H and O–H groups in total. The molecule has 4 rings (SSSR count). The summed E-state index contributed by atoms with van der Waals surface area (Å²) in [5, 5.41) is 11.6. The number of rotatable bonds is 4. The summed E-state index contributed by atoms with van der Waals surface area (Å²) in [4.78, 5) is 19.5. The molecule has 128 valence electrons. The highest BCUT2D eigenvalue weighted by Gasteiger charge is 2.34. The van der Waals surface area contributed by atoms with Crippen molar-refractivity contribution >= 4 is 5.91 Å². The van der Waals surface area contributed by atoms with Gasteiger partial charge in [-0.05, 0) is 25.8 Å². The molecule has 7 nitrogen and oxygen atoms in total. The second-order valence-electron chi connectivity index (χ2n) is 6.10. The molecule has 1 aromatic carbocycles. The number of benzene rings is 1. The largest absolute Gasteiger partial charge is 0.327 e. The molecule has 0 saturated carbocycles. The average Bonchev–Trinajstić information content (AvgIpc) is 3.41. The van der Waals surface area contributed by atoms with Crippen LogP contribution in [0, 0.1) is 0 Å². The van der Waals surface area contributed by atoms with Crippen molar-refractivity contribution in [2.24, 2.45) is 0 Å². The van der Waals surface area contributed by atoms with Gasteiger partial charge in [-0.3, -0.25) is 14.6 Å². The molecule has 25 heavy (non-hydrogen) atoms. The van der Waals surface area contributed by atoms with Crippen LogP contribution in [0.1, 0.15) is 42.1 Å². The van der Waals surface area contributed by atoms with Gasteiger partial charge in [0.2, 0.25) is 0 Å². The van der Waals surface area contributed by atoms with Gasteiger partial charge < -0.3 is 4.90 Å². The van der Waals surface area contributed by atoms with Crippen molar-refractivity contribution in [3.63, 3.8) is 0 Å². The summed E-state index contributed by atoms with van der Waals surface area (Å²) in [5.74, 6) is 1.40. The number of carbonyl (C=O) groups is 1. The van der Waals surface area contributed by atoms with Crippen LogP contribution in [0.25, 0.3) is 11.4 Å². The van der Waals surface area contributed by atoms with E-state index < -0.39 is 0 Å². The number of aromatic nitrogens is 5. The molecular formula is C18H20N6O. The van der Waals surface area contributed by atoms with Crippen LogP contribution in [0.2, 0.25) is 0 Å². The molecule has 3 heterocycles. The normalized spacial score (nSPS) is 17.2. The lowest BCUT2D eigenvalue weighted by Gasteiger charge is -2.23. The highest BCUT2D eigenvalue weighted by atomic mass is 16.2. The minimum atomic E-state index is -0.0716. The third-order valence-corrected chi connectivity index (χ3v) is 4.60. The van der Waals surface area contributed by atoms with Crippen LogP contribution in [0.3, 0.4) is 0 Å². The molecule has 1 amide bonds. The highest BCUT2D eigenvalue weighted by molar-refractivity contribution is 5.93. The molecule has 0 aliphatic carbocycles. The number of aromatic amines is 1. The summed E-state index contributed by atoms with van der Waals surface area (Å²) in [5.41, 5.74) is 1.59. The molecular weight excluding hydrogens is 316 g/mol. The zero-order valence-corrected chi connectivity index (χ0v) is 14.1.